The predicted molar refractivity (Wildman–Crippen MR) is 77.7 cm³/mol. The minimum atomic E-state index is -1.17. The molecule has 0 atom stereocenters. The van der Waals surface area contributed by atoms with Gasteiger partial charge in [-0.15, -0.1) is 11.3 Å². The Labute approximate surface area is 119 Å². The number of carboxylic acids is 1. The summed E-state index contributed by atoms with van der Waals surface area (Å²) in [6.07, 6.45) is 1.75. The molecule has 0 saturated heterocycles. The number of hydrogen-bond donors (Lipinski definition) is 2. The largest absolute Gasteiger partial charge is 0.478 e. The van der Waals surface area contributed by atoms with Crippen LogP contribution in [-0.2, 0) is 9.59 Å². The molecule has 0 bridgehead atoms. The first-order valence-corrected chi connectivity index (χ1v) is 6.63. The van der Waals surface area contributed by atoms with Gasteiger partial charge in [-0.1, -0.05) is 30.3 Å². The number of aryl methyl sites for hydroxylation is 1. The van der Waals surface area contributed by atoms with E-state index in [9.17, 15) is 9.59 Å². The van der Waals surface area contributed by atoms with E-state index in [1.807, 2.05) is 37.3 Å². The van der Waals surface area contributed by atoms with Crippen molar-refractivity contribution in [2.75, 3.05) is 5.32 Å². The fourth-order valence-electron chi connectivity index (χ4n) is 1.61. The first-order chi connectivity index (χ1) is 9.56. The molecule has 0 aliphatic heterocycles. The summed E-state index contributed by atoms with van der Waals surface area (Å²) in [7, 11) is 0. The van der Waals surface area contributed by atoms with Gasteiger partial charge < -0.3 is 5.11 Å². The van der Waals surface area contributed by atoms with Gasteiger partial charge in [0.2, 0.25) is 5.91 Å². The first kappa shape index (κ1) is 14.0. The van der Waals surface area contributed by atoms with Crippen LogP contribution in [0.4, 0.5) is 5.13 Å². The van der Waals surface area contributed by atoms with E-state index in [1.165, 1.54) is 11.3 Å². The topological polar surface area (TPSA) is 79.3 Å². The lowest BCUT2D eigenvalue weighted by atomic mass is 10.1. The van der Waals surface area contributed by atoms with Crippen molar-refractivity contribution in [2.45, 2.75) is 6.92 Å². The highest BCUT2D eigenvalue weighted by molar-refractivity contribution is 7.16. The Hall–Kier alpha value is -2.47. The summed E-state index contributed by atoms with van der Waals surface area (Å²) in [5.41, 5.74) is 1.79. The zero-order valence-corrected chi connectivity index (χ0v) is 11.5. The number of nitrogens with zero attached hydrogens (tertiary/aromatic N) is 1. The van der Waals surface area contributed by atoms with Crippen molar-refractivity contribution < 1.29 is 14.7 Å². The molecular weight excluding hydrogens is 276 g/mol. The highest BCUT2D eigenvalue weighted by atomic mass is 32.1. The summed E-state index contributed by atoms with van der Waals surface area (Å²) in [6.45, 7) is 1.92. The summed E-state index contributed by atoms with van der Waals surface area (Å²) >= 11 is 1.35. The fourth-order valence-corrected chi connectivity index (χ4v) is 2.45. The molecule has 0 fully saturated rings. The second-order valence-corrected chi connectivity index (χ2v) is 5.15. The second-order valence-electron chi connectivity index (χ2n) is 3.95. The summed E-state index contributed by atoms with van der Waals surface area (Å²) in [6, 6.07) is 9.64. The van der Waals surface area contributed by atoms with Gasteiger partial charge in [-0.25, -0.2) is 9.78 Å². The quantitative estimate of drug-likeness (QED) is 0.848. The van der Waals surface area contributed by atoms with Gasteiger partial charge in [-0.05, 0) is 6.92 Å². The predicted octanol–water partition coefficient (Wildman–Crippen LogP) is 2.70. The van der Waals surface area contributed by atoms with Crippen molar-refractivity contribution in [3.63, 3.8) is 0 Å². The monoisotopic (exact) mass is 288 g/mol. The third kappa shape index (κ3) is 3.52. The van der Waals surface area contributed by atoms with Gasteiger partial charge >= 0.3 is 5.97 Å². The zero-order chi connectivity index (χ0) is 14.5. The van der Waals surface area contributed by atoms with Crippen LogP contribution >= 0.6 is 11.3 Å². The van der Waals surface area contributed by atoms with Crippen LogP contribution in [0.2, 0.25) is 0 Å². The third-order valence-electron chi connectivity index (χ3n) is 2.45. The summed E-state index contributed by atoms with van der Waals surface area (Å²) < 4.78 is 0. The first-order valence-electron chi connectivity index (χ1n) is 5.81. The summed E-state index contributed by atoms with van der Waals surface area (Å²) in [5.74, 6) is -1.68. The molecule has 0 spiro atoms. The highest BCUT2D eigenvalue weighted by Crippen LogP contribution is 2.30. The van der Waals surface area contributed by atoms with E-state index in [0.29, 0.717) is 5.13 Å². The average molecular weight is 288 g/mol. The number of carbonyl (C=O) groups excluding carboxylic acids is 1. The molecule has 0 saturated carbocycles. The van der Waals surface area contributed by atoms with Gasteiger partial charge in [-0.2, -0.15) is 0 Å². The Morgan fingerprint density at radius 2 is 1.95 bits per heavy atom. The van der Waals surface area contributed by atoms with E-state index in [2.05, 4.69) is 10.3 Å². The lowest BCUT2D eigenvalue weighted by Crippen LogP contribution is -2.08. The highest BCUT2D eigenvalue weighted by Gasteiger charge is 2.10. The van der Waals surface area contributed by atoms with Gasteiger partial charge in [-0.3, -0.25) is 10.1 Å². The van der Waals surface area contributed by atoms with E-state index in [-0.39, 0.29) is 0 Å². The van der Waals surface area contributed by atoms with Crippen molar-refractivity contribution >= 4 is 28.3 Å². The Bertz CT molecular complexity index is 662. The van der Waals surface area contributed by atoms with Crippen LogP contribution in [0, 0.1) is 6.92 Å². The lowest BCUT2D eigenvalue weighted by molar-refractivity contribution is -0.131. The van der Waals surface area contributed by atoms with Crippen LogP contribution in [0.1, 0.15) is 4.88 Å². The van der Waals surface area contributed by atoms with Gasteiger partial charge in [0.1, 0.15) is 0 Å². The number of hydrogen-bond acceptors (Lipinski definition) is 4. The molecular formula is C14H12N2O3S. The van der Waals surface area contributed by atoms with E-state index in [4.69, 9.17) is 5.11 Å². The summed E-state index contributed by atoms with van der Waals surface area (Å²) in [5, 5.41) is 11.4. The van der Waals surface area contributed by atoms with E-state index in [0.717, 1.165) is 28.3 Å². The SMILES string of the molecule is Cc1sc(NC(=O)C=CC(=O)O)nc1-c1ccccc1. The van der Waals surface area contributed by atoms with Gasteiger partial charge in [0, 0.05) is 22.6 Å². The minimum Gasteiger partial charge on any atom is -0.478 e. The van der Waals surface area contributed by atoms with Gasteiger partial charge in [0.25, 0.3) is 0 Å². The van der Waals surface area contributed by atoms with E-state index < -0.39 is 11.9 Å². The Morgan fingerprint density at radius 1 is 1.25 bits per heavy atom. The molecule has 6 heteroatoms. The second kappa shape index (κ2) is 6.12. The minimum absolute atomic E-state index is 0.446. The summed E-state index contributed by atoms with van der Waals surface area (Å²) in [4.78, 5) is 27.1. The molecule has 1 aromatic heterocycles. The number of carboxylic acid groups (broad SMARTS) is 1. The zero-order valence-electron chi connectivity index (χ0n) is 10.7. The van der Waals surface area contributed by atoms with Crippen molar-refractivity contribution in [3.05, 3.63) is 47.4 Å². The number of rotatable bonds is 4. The molecule has 2 rings (SSSR count). The van der Waals surface area contributed by atoms with Gasteiger partial charge in [0.15, 0.2) is 5.13 Å². The van der Waals surface area contributed by atoms with Crippen molar-refractivity contribution in [1.29, 1.82) is 0 Å². The van der Waals surface area contributed by atoms with Gasteiger partial charge in [0.05, 0.1) is 5.69 Å². The Balaban J connectivity index is 2.16. The molecule has 0 radical (unpaired) electrons. The van der Waals surface area contributed by atoms with E-state index >= 15 is 0 Å². The molecule has 0 aliphatic carbocycles. The maximum atomic E-state index is 11.5. The van der Waals surface area contributed by atoms with Crippen molar-refractivity contribution in [3.8, 4) is 11.3 Å². The molecule has 2 aromatic rings. The molecule has 102 valence electrons. The Morgan fingerprint density at radius 3 is 2.60 bits per heavy atom. The molecule has 0 aliphatic rings. The van der Waals surface area contributed by atoms with Crippen molar-refractivity contribution in [1.82, 2.24) is 4.98 Å². The molecule has 1 aromatic carbocycles. The average Bonchev–Trinajstić information content (AvgIpc) is 2.78. The molecule has 5 nitrogen and oxygen atoms in total. The van der Waals surface area contributed by atoms with Crippen LogP contribution in [0.15, 0.2) is 42.5 Å². The molecule has 20 heavy (non-hydrogen) atoms. The number of benzene rings is 1. The fraction of sp³-hybridized carbons (Fsp3) is 0.0714. The number of nitrogens with one attached hydrogen (secondary N) is 1. The van der Waals surface area contributed by atoms with Crippen molar-refractivity contribution in [2.24, 2.45) is 0 Å². The van der Waals surface area contributed by atoms with Crippen LogP contribution in [0.25, 0.3) is 11.3 Å². The number of thiazole rings is 1. The number of amides is 1. The maximum absolute atomic E-state index is 11.5. The van der Waals surface area contributed by atoms with Crippen LogP contribution in [0.5, 0.6) is 0 Å². The number of aliphatic carboxylic acids is 1. The lowest BCUT2D eigenvalue weighted by Gasteiger charge is -1.97. The third-order valence-corrected chi connectivity index (χ3v) is 3.34. The molecule has 0 unspecified atom stereocenters. The standard InChI is InChI=1S/C14H12N2O3S/c1-9-13(10-5-3-2-4-6-10)16-14(20-9)15-11(17)7-8-12(18)19/h2-8H,1H3,(H,18,19)(H,15,16,17). The normalized spacial score (nSPS) is 10.7. The van der Waals surface area contributed by atoms with Crippen LogP contribution in [-0.4, -0.2) is 22.0 Å². The van der Waals surface area contributed by atoms with Crippen LogP contribution in [0.3, 0.4) is 0 Å². The molecule has 1 amide bonds. The number of aromatic nitrogens is 1. The smallest absolute Gasteiger partial charge is 0.328 e. The van der Waals surface area contributed by atoms with Crippen LogP contribution < -0.4 is 5.32 Å². The molecule has 2 N–H and O–H groups in total. The van der Waals surface area contributed by atoms with E-state index in [1.54, 1.807) is 0 Å². The number of carbonyl (C=O) groups is 2. The molecule has 1 heterocycles. The number of anilines is 1. The maximum Gasteiger partial charge on any atom is 0.328 e. The Kier molecular flexibility index (Phi) is 4.27.